The molecule has 0 bridgehead atoms. The van der Waals surface area contributed by atoms with E-state index in [4.69, 9.17) is 4.74 Å². The van der Waals surface area contributed by atoms with Crippen molar-refractivity contribution in [2.45, 2.75) is 0 Å². The van der Waals surface area contributed by atoms with E-state index in [1.807, 2.05) is 54.7 Å². The fraction of sp³-hybridized carbons (Fsp3) is 0.0556. The summed E-state index contributed by atoms with van der Waals surface area (Å²) in [4.78, 5) is 15.3. The molecule has 26 heavy (non-hydrogen) atoms. The van der Waals surface area contributed by atoms with Crippen LogP contribution in [0.4, 0.5) is 15.6 Å². The van der Waals surface area contributed by atoms with Crippen molar-refractivity contribution in [3.05, 3.63) is 54.7 Å². The van der Waals surface area contributed by atoms with Crippen LogP contribution < -0.4 is 15.4 Å². The highest BCUT2D eigenvalue weighted by molar-refractivity contribution is 7.18. The number of amides is 2. The van der Waals surface area contributed by atoms with Crippen LogP contribution >= 0.6 is 11.3 Å². The van der Waals surface area contributed by atoms with Crippen LogP contribution in [0.15, 0.2) is 54.7 Å². The van der Waals surface area contributed by atoms with Gasteiger partial charge in [-0.3, -0.25) is 5.32 Å². The molecule has 0 aliphatic rings. The molecule has 3 N–H and O–H groups in total. The number of anilines is 2. The third kappa shape index (κ3) is 3.22. The number of fused-ring (bicyclic) bond motifs is 1. The number of rotatable bonds is 4. The maximum Gasteiger partial charge on any atom is 0.325 e. The van der Waals surface area contributed by atoms with Crippen molar-refractivity contribution >= 4 is 39.1 Å². The van der Waals surface area contributed by atoms with Gasteiger partial charge in [0.05, 0.1) is 12.7 Å². The van der Waals surface area contributed by atoms with E-state index in [-0.39, 0.29) is 6.03 Å². The average molecular weight is 365 g/mol. The molecule has 0 atom stereocenters. The van der Waals surface area contributed by atoms with E-state index in [1.54, 1.807) is 7.11 Å². The molecule has 0 aliphatic heterocycles. The summed E-state index contributed by atoms with van der Waals surface area (Å²) >= 11 is 1.28. The van der Waals surface area contributed by atoms with Gasteiger partial charge in [-0.25, -0.2) is 4.79 Å². The fourth-order valence-corrected chi connectivity index (χ4v) is 3.36. The lowest BCUT2D eigenvalue weighted by Crippen LogP contribution is -2.19. The molecule has 0 fully saturated rings. The van der Waals surface area contributed by atoms with Crippen molar-refractivity contribution < 1.29 is 9.53 Å². The van der Waals surface area contributed by atoms with Gasteiger partial charge in [0.25, 0.3) is 0 Å². The van der Waals surface area contributed by atoms with E-state index >= 15 is 0 Å². The number of hydrogen-bond donors (Lipinski definition) is 3. The first kappa shape index (κ1) is 16.1. The number of nitrogens with one attached hydrogen (secondary N) is 3. The normalized spacial score (nSPS) is 10.7. The zero-order valence-electron chi connectivity index (χ0n) is 13.8. The molecule has 7 nitrogen and oxygen atoms in total. The van der Waals surface area contributed by atoms with Crippen molar-refractivity contribution in [2.24, 2.45) is 0 Å². The van der Waals surface area contributed by atoms with Crippen LogP contribution in [0.2, 0.25) is 0 Å². The maximum atomic E-state index is 12.2. The molecule has 2 aromatic heterocycles. The van der Waals surface area contributed by atoms with Gasteiger partial charge in [-0.15, -0.1) is 10.2 Å². The molecule has 0 unspecified atom stereocenters. The summed E-state index contributed by atoms with van der Waals surface area (Å²) in [5.41, 5.74) is 2.55. The molecule has 2 amide bonds. The number of carbonyl (C=O) groups is 1. The predicted molar refractivity (Wildman–Crippen MR) is 103 cm³/mol. The van der Waals surface area contributed by atoms with Crippen LogP contribution in [0.5, 0.6) is 5.75 Å². The minimum Gasteiger partial charge on any atom is -0.496 e. The zero-order valence-corrected chi connectivity index (χ0v) is 14.6. The number of ether oxygens (including phenoxy) is 1. The highest BCUT2D eigenvalue weighted by Gasteiger charge is 2.13. The Hall–Kier alpha value is -3.39. The Bertz CT molecular complexity index is 1070. The number of methoxy groups -OCH3 is 1. The number of aromatic amines is 1. The summed E-state index contributed by atoms with van der Waals surface area (Å²) in [6, 6.07) is 14.8. The maximum absolute atomic E-state index is 12.2. The van der Waals surface area contributed by atoms with Gasteiger partial charge in [0.2, 0.25) is 5.13 Å². The third-order valence-electron chi connectivity index (χ3n) is 3.79. The monoisotopic (exact) mass is 365 g/mol. The van der Waals surface area contributed by atoms with Crippen LogP contribution in [-0.4, -0.2) is 28.3 Å². The minimum absolute atomic E-state index is 0.373. The Morgan fingerprint density at radius 1 is 1.12 bits per heavy atom. The third-order valence-corrected chi connectivity index (χ3v) is 4.67. The molecule has 0 spiro atoms. The molecule has 0 aliphatic carbocycles. The summed E-state index contributed by atoms with van der Waals surface area (Å²) in [6.45, 7) is 0. The van der Waals surface area contributed by atoms with Crippen molar-refractivity contribution in [2.75, 3.05) is 17.7 Å². The molecule has 4 aromatic rings. The molecular formula is C18H15N5O2S. The standard InChI is InChI=1S/C18H15N5O2S/c1-25-15-5-3-2-4-13(15)16-22-23-18(26-16)21-17(24)20-12-6-7-14-11(10-12)8-9-19-14/h2-10,19H,1H3,(H2,20,21,23,24). The number of urea groups is 1. The molecule has 130 valence electrons. The van der Waals surface area contributed by atoms with Crippen LogP contribution in [0.25, 0.3) is 21.5 Å². The second-order valence-corrected chi connectivity index (χ2v) is 6.45. The van der Waals surface area contributed by atoms with E-state index in [1.165, 1.54) is 11.3 Å². The van der Waals surface area contributed by atoms with Crippen molar-refractivity contribution in [3.8, 4) is 16.3 Å². The first-order chi connectivity index (χ1) is 12.7. The smallest absolute Gasteiger partial charge is 0.325 e. The first-order valence-electron chi connectivity index (χ1n) is 7.85. The Balaban J connectivity index is 1.47. The molecule has 0 radical (unpaired) electrons. The molecule has 0 saturated heterocycles. The van der Waals surface area contributed by atoms with Crippen molar-refractivity contribution in [3.63, 3.8) is 0 Å². The van der Waals surface area contributed by atoms with E-state index in [0.717, 1.165) is 16.5 Å². The largest absolute Gasteiger partial charge is 0.496 e. The second-order valence-electron chi connectivity index (χ2n) is 5.47. The molecular weight excluding hydrogens is 350 g/mol. The number of para-hydroxylation sites is 1. The summed E-state index contributed by atoms with van der Waals surface area (Å²) in [5, 5.41) is 15.8. The number of hydrogen-bond acceptors (Lipinski definition) is 5. The van der Waals surface area contributed by atoms with Crippen LogP contribution in [0, 0.1) is 0 Å². The Morgan fingerprint density at radius 2 is 2.00 bits per heavy atom. The highest BCUT2D eigenvalue weighted by atomic mass is 32.1. The average Bonchev–Trinajstić information content (AvgIpc) is 3.30. The summed E-state index contributed by atoms with van der Waals surface area (Å²) < 4.78 is 5.33. The minimum atomic E-state index is -0.373. The zero-order chi connectivity index (χ0) is 17.9. The number of aromatic nitrogens is 3. The molecule has 2 aromatic carbocycles. The van der Waals surface area contributed by atoms with Gasteiger partial charge in [0.1, 0.15) is 5.75 Å². The number of benzene rings is 2. The molecule has 2 heterocycles. The molecule has 8 heteroatoms. The van der Waals surface area contributed by atoms with Crippen molar-refractivity contribution in [1.82, 2.24) is 15.2 Å². The number of H-pyrrole nitrogens is 1. The topological polar surface area (TPSA) is 91.9 Å². The van der Waals surface area contributed by atoms with Gasteiger partial charge >= 0.3 is 6.03 Å². The summed E-state index contributed by atoms with van der Waals surface area (Å²) in [7, 11) is 1.60. The van der Waals surface area contributed by atoms with Gasteiger partial charge in [0.15, 0.2) is 5.01 Å². The van der Waals surface area contributed by atoms with Gasteiger partial charge in [-0.05, 0) is 36.4 Å². The van der Waals surface area contributed by atoms with E-state index in [0.29, 0.717) is 21.6 Å². The van der Waals surface area contributed by atoms with Crippen LogP contribution in [0.1, 0.15) is 0 Å². The van der Waals surface area contributed by atoms with Crippen LogP contribution in [-0.2, 0) is 0 Å². The van der Waals surface area contributed by atoms with Gasteiger partial charge in [0, 0.05) is 22.8 Å². The van der Waals surface area contributed by atoms with Gasteiger partial charge in [-0.2, -0.15) is 0 Å². The quantitative estimate of drug-likeness (QED) is 0.502. The van der Waals surface area contributed by atoms with E-state index in [2.05, 4.69) is 25.8 Å². The Labute approximate surface area is 153 Å². The van der Waals surface area contributed by atoms with E-state index in [9.17, 15) is 4.79 Å². The molecule has 4 rings (SSSR count). The summed E-state index contributed by atoms with van der Waals surface area (Å²) in [6.07, 6.45) is 1.86. The lowest BCUT2D eigenvalue weighted by molar-refractivity contribution is 0.262. The lowest BCUT2D eigenvalue weighted by Gasteiger charge is -2.05. The first-order valence-corrected chi connectivity index (χ1v) is 8.66. The van der Waals surface area contributed by atoms with Crippen molar-refractivity contribution in [1.29, 1.82) is 0 Å². The predicted octanol–water partition coefficient (Wildman–Crippen LogP) is 4.34. The Morgan fingerprint density at radius 3 is 2.88 bits per heavy atom. The van der Waals surface area contributed by atoms with Gasteiger partial charge < -0.3 is 15.0 Å². The lowest BCUT2D eigenvalue weighted by atomic mass is 10.2. The molecule has 0 saturated carbocycles. The SMILES string of the molecule is COc1ccccc1-c1nnc(NC(=O)Nc2ccc3[nH]ccc3c2)s1. The summed E-state index contributed by atoms with van der Waals surface area (Å²) in [5.74, 6) is 0.708. The van der Waals surface area contributed by atoms with E-state index < -0.39 is 0 Å². The van der Waals surface area contributed by atoms with Gasteiger partial charge in [-0.1, -0.05) is 23.5 Å². The number of carbonyl (C=O) groups excluding carboxylic acids is 1. The Kier molecular flexibility index (Phi) is 4.24. The highest BCUT2D eigenvalue weighted by Crippen LogP contribution is 2.33. The number of nitrogens with zero attached hydrogens (tertiary/aromatic N) is 2. The van der Waals surface area contributed by atoms with Crippen LogP contribution in [0.3, 0.4) is 0 Å². The fourth-order valence-electron chi connectivity index (χ4n) is 2.59. The second kappa shape index (κ2) is 6.85.